The number of furan rings is 1. The molecule has 7 nitrogen and oxygen atoms in total. The zero-order valence-corrected chi connectivity index (χ0v) is 11.2. The van der Waals surface area contributed by atoms with Gasteiger partial charge in [-0.2, -0.15) is 0 Å². The molecule has 2 aromatic rings. The molecular formula is C12H12N2O5S. The Labute approximate surface area is 115 Å². The highest BCUT2D eigenvalue weighted by Crippen LogP contribution is 2.47. The van der Waals surface area contributed by atoms with Crippen molar-refractivity contribution in [3.63, 3.8) is 0 Å². The molecule has 3 heterocycles. The first-order chi connectivity index (χ1) is 9.50. The van der Waals surface area contributed by atoms with Gasteiger partial charge in [-0.3, -0.25) is 4.98 Å². The van der Waals surface area contributed by atoms with E-state index in [1.54, 1.807) is 18.3 Å². The maximum absolute atomic E-state index is 11.8. The summed E-state index contributed by atoms with van der Waals surface area (Å²) in [5.74, 6) is -1.33. The number of hydrogen-bond donors (Lipinski definition) is 2. The average molecular weight is 296 g/mol. The van der Waals surface area contributed by atoms with Crippen molar-refractivity contribution in [2.75, 3.05) is 16.6 Å². The van der Waals surface area contributed by atoms with Crippen LogP contribution in [-0.2, 0) is 10.0 Å². The topological polar surface area (TPSA) is 104 Å². The quantitative estimate of drug-likeness (QED) is 0.865. The summed E-state index contributed by atoms with van der Waals surface area (Å²) in [6.07, 6.45) is 3.45. The molecule has 0 saturated carbocycles. The van der Waals surface area contributed by atoms with Gasteiger partial charge in [0.15, 0.2) is 5.76 Å². The molecule has 1 saturated heterocycles. The minimum absolute atomic E-state index is 0.00384. The van der Waals surface area contributed by atoms with Crippen LogP contribution < -0.4 is 4.31 Å². The summed E-state index contributed by atoms with van der Waals surface area (Å²) in [5, 5.41) is 19.8. The molecule has 20 heavy (non-hydrogen) atoms. The fraction of sp³-hybridized carbons (Fsp3) is 0.250. The van der Waals surface area contributed by atoms with Crippen molar-refractivity contribution in [1.82, 2.24) is 4.98 Å². The lowest BCUT2D eigenvalue weighted by Crippen LogP contribution is -2.24. The molecule has 1 aliphatic heterocycles. The zero-order chi connectivity index (χ0) is 14.3. The van der Waals surface area contributed by atoms with E-state index in [1.807, 2.05) is 0 Å². The van der Waals surface area contributed by atoms with Gasteiger partial charge in [0, 0.05) is 24.5 Å². The maximum atomic E-state index is 11.8. The van der Waals surface area contributed by atoms with Gasteiger partial charge >= 0.3 is 0 Å². The van der Waals surface area contributed by atoms with Gasteiger partial charge in [-0.05, 0) is 18.6 Å². The molecule has 0 unspecified atom stereocenters. The van der Waals surface area contributed by atoms with Crippen LogP contribution in [0.5, 0.6) is 11.5 Å². The molecule has 0 radical (unpaired) electrons. The van der Waals surface area contributed by atoms with Crippen molar-refractivity contribution >= 4 is 15.9 Å². The van der Waals surface area contributed by atoms with Crippen LogP contribution in [0.2, 0.25) is 0 Å². The highest BCUT2D eigenvalue weighted by atomic mass is 32.2. The van der Waals surface area contributed by atoms with Crippen LogP contribution in [0.3, 0.4) is 0 Å². The molecule has 3 rings (SSSR count). The first-order valence-electron chi connectivity index (χ1n) is 5.96. The van der Waals surface area contributed by atoms with E-state index >= 15 is 0 Å². The van der Waals surface area contributed by atoms with Crippen molar-refractivity contribution in [2.24, 2.45) is 0 Å². The molecule has 0 bridgehead atoms. The van der Waals surface area contributed by atoms with Crippen LogP contribution >= 0.6 is 0 Å². The van der Waals surface area contributed by atoms with Gasteiger partial charge in [0.25, 0.3) is 5.88 Å². The molecule has 1 aliphatic rings. The molecule has 2 aromatic heterocycles. The Bertz CT molecular complexity index is 739. The van der Waals surface area contributed by atoms with E-state index in [0.717, 1.165) is 4.31 Å². The van der Waals surface area contributed by atoms with Gasteiger partial charge in [0.2, 0.25) is 21.5 Å². The van der Waals surface area contributed by atoms with Crippen molar-refractivity contribution in [3.05, 3.63) is 24.5 Å². The first kappa shape index (κ1) is 12.8. The summed E-state index contributed by atoms with van der Waals surface area (Å²) >= 11 is 0. The van der Waals surface area contributed by atoms with Crippen molar-refractivity contribution in [2.45, 2.75) is 6.42 Å². The number of aromatic nitrogens is 1. The van der Waals surface area contributed by atoms with Crippen LogP contribution in [0, 0.1) is 0 Å². The van der Waals surface area contributed by atoms with Crippen molar-refractivity contribution in [3.8, 4) is 22.8 Å². The Morgan fingerprint density at radius 1 is 1.30 bits per heavy atom. The number of anilines is 1. The largest absolute Gasteiger partial charge is 0.502 e. The molecule has 0 amide bonds. The summed E-state index contributed by atoms with van der Waals surface area (Å²) in [7, 11) is -3.50. The molecule has 0 aromatic carbocycles. The number of pyridine rings is 1. The van der Waals surface area contributed by atoms with Crippen LogP contribution in [0.1, 0.15) is 6.42 Å². The maximum Gasteiger partial charge on any atom is 0.256 e. The Kier molecular flexibility index (Phi) is 2.82. The van der Waals surface area contributed by atoms with E-state index in [9.17, 15) is 18.6 Å². The van der Waals surface area contributed by atoms with Gasteiger partial charge in [-0.25, -0.2) is 12.7 Å². The number of nitrogens with zero attached hydrogens (tertiary/aromatic N) is 2. The van der Waals surface area contributed by atoms with Gasteiger partial charge in [0.05, 0.1) is 5.75 Å². The van der Waals surface area contributed by atoms with E-state index in [4.69, 9.17) is 4.42 Å². The molecule has 106 valence electrons. The van der Waals surface area contributed by atoms with Gasteiger partial charge in [-0.1, -0.05) is 0 Å². The van der Waals surface area contributed by atoms with Gasteiger partial charge in [0.1, 0.15) is 0 Å². The second-order valence-electron chi connectivity index (χ2n) is 4.42. The second kappa shape index (κ2) is 4.41. The molecule has 8 heteroatoms. The third-order valence-corrected chi connectivity index (χ3v) is 4.91. The highest BCUT2D eigenvalue weighted by Gasteiger charge is 2.35. The van der Waals surface area contributed by atoms with E-state index < -0.39 is 21.5 Å². The van der Waals surface area contributed by atoms with Gasteiger partial charge in [-0.15, -0.1) is 0 Å². The summed E-state index contributed by atoms with van der Waals surface area (Å²) < 4.78 is 30.0. The average Bonchev–Trinajstić information content (AvgIpc) is 2.92. The highest BCUT2D eigenvalue weighted by molar-refractivity contribution is 7.93. The molecule has 0 spiro atoms. The Morgan fingerprint density at radius 3 is 2.70 bits per heavy atom. The molecule has 0 atom stereocenters. The fourth-order valence-electron chi connectivity index (χ4n) is 2.13. The lowest BCUT2D eigenvalue weighted by Gasteiger charge is -2.12. The third kappa shape index (κ3) is 1.88. The second-order valence-corrected chi connectivity index (χ2v) is 6.43. The Balaban J connectivity index is 2.12. The fourth-order valence-corrected chi connectivity index (χ4v) is 3.63. The molecule has 1 fully saturated rings. The Morgan fingerprint density at radius 2 is 2.10 bits per heavy atom. The minimum atomic E-state index is -3.50. The SMILES string of the molecule is O=S1(=O)CCCN1c1oc(-c2cccnc2)c(O)c1O. The van der Waals surface area contributed by atoms with E-state index in [-0.39, 0.29) is 23.9 Å². The molecular weight excluding hydrogens is 284 g/mol. The molecule has 2 N–H and O–H groups in total. The molecule has 0 aliphatic carbocycles. The van der Waals surface area contributed by atoms with E-state index in [2.05, 4.69) is 4.98 Å². The lowest BCUT2D eigenvalue weighted by atomic mass is 10.2. The van der Waals surface area contributed by atoms with Crippen LogP contribution in [0.25, 0.3) is 11.3 Å². The van der Waals surface area contributed by atoms with Crippen molar-refractivity contribution < 1.29 is 23.0 Å². The van der Waals surface area contributed by atoms with E-state index in [0.29, 0.717) is 12.0 Å². The van der Waals surface area contributed by atoms with Crippen molar-refractivity contribution in [1.29, 1.82) is 0 Å². The summed E-state index contributed by atoms with van der Waals surface area (Å²) in [6.45, 7) is 0.218. The number of aromatic hydroxyl groups is 2. The van der Waals surface area contributed by atoms with Crippen LogP contribution in [-0.4, -0.2) is 35.9 Å². The summed E-state index contributed by atoms with van der Waals surface area (Å²) in [4.78, 5) is 3.88. The predicted molar refractivity (Wildman–Crippen MR) is 71.0 cm³/mol. The van der Waals surface area contributed by atoms with Crippen LogP contribution in [0.4, 0.5) is 5.88 Å². The number of sulfonamides is 1. The third-order valence-electron chi connectivity index (χ3n) is 3.09. The smallest absolute Gasteiger partial charge is 0.256 e. The first-order valence-corrected chi connectivity index (χ1v) is 7.57. The van der Waals surface area contributed by atoms with E-state index in [1.165, 1.54) is 6.20 Å². The lowest BCUT2D eigenvalue weighted by molar-refractivity contribution is 0.409. The number of rotatable bonds is 2. The van der Waals surface area contributed by atoms with Crippen LogP contribution in [0.15, 0.2) is 28.9 Å². The van der Waals surface area contributed by atoms with Gasteiger partial charge < -0.3 is 14.6 Å². The zero-order valence-electron chi connectivity index (χ0n) is 10.4. The summed E-state index contributed by atoms with van der Waals surface area (Å²) in [5.41, 5.74) is 0.447. The minimum Gasteiger partial charge on any atom is -0.502 e. The normalized spacial score (nSPS) is 17.5. The summed E-state index contributed by atoms with van der Waals surface area (Å²) in [6, 6.07) is 3.27. The standard InChI is InChI=1S/C12H12N2O5S/c15-9-10(16)12(14-5-2-6-20(14,17)18)19-11(9)8-3-1-4-13-7-8/h1,3-4,7,15-16H,2,5-6H2. The Hall–Kier alpha value is -2.22. The number of hydrogen-bond acceptors (Lipinski definition) is 6. The predicted octanol–water partition coefficient (Wildman–Crippen LogP) is 1.29. The monoisotopic (exact) mass is 296 g/mol.